The van der Waals surface area contributed by atoms with Crippen LogP contribution >= 0.6 is 0 Å². The van der Waals surface area contributed by atoms with Crippen molar-refractivity contribution in [1.82, 2.24) is 4.57 Å². The van der Waals surface area contributed by atoms with Crippen molar-refractivity contribution in [3.05, 3.63) is 66.7 Å². The molecular weight excluding hydrogens is 298 g/mol. The largest absolute Gasteiger partial charge is 0.493 e. The summed E-state index contributed by atoms with van der Waals surface area (Å²) in [7, 11) is 1.68. The maximum atomic E-state index is 5.78. The van der Waals surface area contributed by atoms with Gasteiger partial charge in [0.2, 0.25) is 0 Å². The van der Waals surface area contributed by atoms with E-state index in [1.165, 1.54) is 10.9 Å². The maximum Gasteiger partial charge on any atom is 0.163 e. The zero-order chi connectivity index (χ0) is 16.5. The SMILES string of the molecule is CCOc1cc2c(cc1OC)c1ccccc1n2-c1ccccc1. The van der Waals surface area contributed by atoms with E-state index in [4.69, 9.17) is 9.47 Å². The Balaban J connectivity index is 2.13. The van der Waals surface area contributed by atoms with E-state index < -0.39 is 0 Å². The number of nitrogens with zero attached hydrogens (tertiary/aromatic N) is 1. The molecule has 0 N–H and O–H groups in total. The number of rotatable bonds is 4. The Bertz CT molecular complexity index is 1000. The smallest absolute Gasteiger partial charge is 0.163 e. The van der Waals surface area contributed by atoms with E-state index in [0.717, 1.165) is 28.1 Å². The zero-order valence-electron chi connectivity index (χ0n) is 13.8. The van der Waals surface area contributed by atoms with E-state index in [9.17, 15) is 0 Å². The van der Waals surface area contributed by atoms with Crippen LogP contribution in [0.25, 0.3) is 27.5 Å². The Labute approximate surface area is 141 Å². The highest BCUT2D eigenvalue weighted by Gasteiger charge is 2.15. The molecule has 1 heterocycles. The van der Waals surface area contributed by atoms with Crippen molar-refractivity contribution in [2.45, 2.75) is 6.92 Å². The number of aromatic nitrogens is 1. The minimum absolute atomic E-state index is 0.605. The van der Waals surface area contributed by atoms with Crippen molar-refractivity contribution in [2.24, 2.45) is 0 Å². The summed E-state index contributed by atoms with van der Waals surface area (Å²) in [5, 5.41) is 2.37. The van der Waals surface area contributed by atoms with Crippen LogP contribution in [0, 0.1) is 0 Å². The van der Waals surface area contributed by atoms with Gasteiger partial charge >= 0.3 is 0 Å². The second-order valence-corrected chi connectivity index (χ2v) is 5.64. The van der Waals surface area contributed by atoms with Gasteiger partial charge in [0.25, 0.3) is 0 Å². The molecule has 24 heavy (non-hydrogen) atoms. The third kappa shape index (κ3) is 2.21. The van der Waals surface area contributed by atoms with Crippen LogP contribution < -0.4 is 9.47 Å². The summed E-state index contributed by atoms with van der Waals surface area (Å²) in [6, 6.07) is 23.0. The lowest BCUT2D eigenvalue weighted by atomic mass is 10.1. The summed E-state index contributed by atoms with van der Waals surface area (Å²) in [5.41, 5.74) is 3.43. The van der Waals surface area contributed by atoms with Crippen molar-refractivity contribution in [3.8, 4) is 17.2 Å². The van der Waals surface area contributed by atoms with Crippen molar-refractivity contribution in [3.63, 3.8) is 0 Å². The van der Waals surface area contributed by atoms with Gasteiger partial charge in [0.15, 0.2) is 11.5 Å². The van der Waals surface area contributed by atoms with Gasteiger partial charge in [0.05, 0.1) is 24.8 Å². The first-order valence-electron chi connectivity index (χ1n) is 8.13. The molecular formula is C21H19NO2. The highest BCUT2D eigenvalue weighted by atomic mass is 16.5. The second-order valence-electron chi connectivity index (χ2n) is 5.64. The molecule has 0 unspecified atom stereocenters. The average Bonchev–Trinajstić information content (AvgIpc) is 2.95. The summed E-state index contributed by atoms with van der Waals surface area (Å²) < 4.78 is 13.6. The molecule has 1 aromatic heterocycles. The molecule has 0 aliphatic rings. The number of ether oxygens (including phenoxy) is 2. The van der Waals surface area contributed by atoms with Crippen LogP contribution in [0.1, 0.15) is 6.92 Å². The molecule has 3 nitrogen and oxygen atoms in total. The Morgan fingerprint density at radius 2 is 1.54 bits per heavy atom. The fourth-order valence-electron chi connectivity index (χ4n) is 3.26. The van der Waals surface area contributed by atoms with E-state index in [1.807, 2.05) is 13.0 Å². The van der Waals surface area contributed by atoms with Crippen LogP contribution in [0.5, 0.6) is 11.5 Å². The minimum Gasteiger partial charge on any atom is -0.493 e. The van der Waals surface area contributed by atoms with Gasteiger partial charge in [0, 0.05) is 22.5 Å². The lowest BCUT2D eigenvalue weighted by Crippen LogP contribution is -1.97. The molecule has 0 aliphatic heterocycles. The predicted molar refractivity (Wildman–Crippen MR) is 98.5 cm³/mol. The number of para-hydroxylation sites is 2. The third-order valence-corrected chi connectivity index (χ3v) is 4.27. The van der Waals surface area contributed by atoms with Crippen molar-refractivity contribution in [1.29, 1.82) is 0 Å². The van der Waals surface area contributed by atoms with Crippen LogP contribution in [-0.2, 0) is 0 Å². The summed E-state index contributed by atoms with van der Waals surface area (Å²) in [5.74, 6) is 1.54. The molecule has 0 atom stereocenters. The monoisotopic (exact) mass is 317 g/mol. The third-order valence-electron chi connectivity index (χ3n) is 4.27. The minimum atomic E-state index is 0.605. The van der Waals surface area contributed by atoms with Crippen LogP contribution in [0.3, 0.4) is 0 Å². The fraction of sp³-hybridized carbons (Fsp3) is 0.143. The number of hydrogen-bond acceptors (Lipinski definition) is 2. The number of hydrogen-bond donors (Lipinski definition) is 0. The molecule has 0 saturated heterocycles. The van der Waals surface area contributed by atoms with Gasteiger partial charge in [-0.1, -0.05) is 36.4 Å². The van der Waals surface area contributed by atoms with Gasteiger partial charge in [-0.25, -0.2) is 0 Å². The summed E-state index contributed by atoms with van der Waals surface area (Å²) in [6.07, 6.45) is 0. The zero-order valence-corrected chi connectivity index (χ0v) is 13.8. The highest BCUT2D eigenvalue weighted by molar-refractivity contribution is 6.10. The van der Waals surface area contributed by atoms with E-state index in [2.05, 4.69) is 65.2 Å². The molecule has 0 saturated carbocycles. The summed E-state index contributed by atoms with van der Waals surface area (Å²) in [4.78, 5) is 0. The Hall–Kier alpha value is -2.94. The first-order chi connectivity index (χ1) is 11.8. The lowest BCUT2D eigenvalue weighted by Gasteiger charge is -2.11. The Morgan fingerprint density at radius 1 is 0.792 bits per heavy atom. The van der Waals surface area contributed by atoms with Crippen LogP contribution in [0.4, 0.5) is 0 Å². The van der Waals surface area contributed by atoms with Gasteiger partial charge in [-0.15, -0.1) is 0 Å². The van der Waals surface area contributed by atoms with Gasteiger partial charge in [-0.05, 0) is 31.2 Å². The van der Waals surface area contributed by atoms with Gasteiger partial charge in [-0.3, -0.25) is 0 Å². The van der Waals surface area contributed by atoms with Gasteiger partial charge < -0.3 is 14.0 Å². The maximum absolute atomic E-state index is 5.78. The molecule has 0 aliphatic carbocycles. The fourth-order valence-corrected chi connectivity index (χ4v) is 3.26. The second kappa shape index (κ2) is 5.93. The van der Waals surface area contributed by atoms with E-state index >= 15 is 0 Å². The summed E-state index contributed by atoms with van der Waals surface area (Å²) in [6.45, 7) is 2.59. The first-order valence-corrected chi connectivity index (χ1v) is 8.13. The lowest BCUT2D eigenvalue weighted by molar-refractivity contribution is 0.311. The average molecular weight is 317 g/mol. The van der Waals surface area contributed by atoms with Crippen LogP contribution in [0.15, 0.2) is 66.7 Å². The van der Waals surface area contributed by atoms with E-state index in [0.29, 0.717) is 6.61 Å². The normalized spacial score (nSPS) is 11.1. The molecule has 3 heteroatoms. The molecule has 0 spiro atoms. The van der Waals surface area contributed by atoms with Gasteiger partial charge in [0.1, 0.15) is 0 Å². The molecule has 3 aromatic carbocycles. The van der Waals surface area contributed by atoms with Crippen molar-refractivity contribution < 1.29 is 9.47 Å². The number of fused-ring (bicyclic) bond motifs is 3. The Morgan fingerprint density at radius 3 is 2.29 bits per heavy atom. The quantitative estimate of drug-likeness (QED) is 0.517. The molecule has 0 bridgehead atoms. The molecule has 0 fully saturated rings. The number of methoxy groups -OCH3 is 1. The van der Waals surface area contributed by atoms with Crippen LogP contribution in [-0.4, -0.2) is 18.3 Å². The van der Waals surface area contributed by atoms with E-state index in [1.54, 1.807) is 7.11 Å². The summed E-state index contributed by atoms with van der Waals surface area (Å²) >= 11 is 0. The predicted octanol–water partition coefficient (Wildman–Crippen LogP) is 5.19. The first kappa shape index (κ1) is 14.6. The molecule has 0 radical (unpaired) electrons. The van der Waals surface area contributed by atoms with Gasteiger partial charge in [-0.2, -0.15) is 0 Å². The number of benzene rings is 3. The molecule has 0 amide bonds. The Kier molecular flexibility index (Phi) is 3.62. The highest BCUT2D eigenvalue weighted by Crippen LogP contribution is 2.39. The standard InChI is InChI=1S/C21H19NO2/c1-3-24-21-14-19-17(13-20(21)23-2)16-11-7-8-12-18(16)22(19)15-9-5-4-6-10-15/h4-14H,3H2,1-2H3. The van der Waals surface area contributed by atoms with Crippen molar-refractivity contribution >= 4 is 21.8 Å². The molecule has 120 valence electrons. The van der Waals surface area contributed by atoms with Crippen LogP contribution in [0.2, 0.25) is 0 Å². The topological polar surface area (TPSA) is 23.4 Å². The molecule has 4 rings (SSSR count). The molecule has 4 aromatic rings. The van der Waals surface area contributed by atoms with E-state index in [-0.39, 0.29) is 0 Å². The van der Waals surface area contributed by atoms with Crippen molar-refractivity contribution in [2.75, 3.05) is 13.7 Å².